The van der Waals surface area contributed by atoms with Gasteiger partial charge in [-0.25, -0.2) is 4.68 Å². The van der Waals surface area contributed by atoms with E-state index in [9.17, 15) is 14.4 Å². The van der Waals surface area contributed by atoms with Crippen LogP contribution >= 0.6 is 11.6 Å². The first-order valence-electron chi connectivity index (χ1n) is 12.0. The summed E-state index contributed by atoms with van der Waals surface area (Å²) in [6.45, 7) is 5.58. The van der Waals surface area contributed by atoms with Crippen LogP contribution < -0.4 is 11.3 Å². The molecule has 1 saturated heterocycles. The van der Waals surface area contributed by atoms with Crippen molar-refractivity contribution in [3.05, 3.63) is 55.8 Å². The van der Waals surface area contributed by atoms with Crippen molar-refractivity contribution in [2.75, 3.05) is 13.1 Å². The van der Waals surface area contributed by atoms with Crippen LogP contribution in [-0.4, -0.2) is 39.6 Å². The minimum absolute atomic E-state index is 0.0528. The summed E-state index contributed by atoms with van der Waals surface area (Å²) in [6.07, 6.45) is 8.24. The molecule has 2 amide bonds. The van der Waals surface area contributed by atoms with Gasteiger partial charge in [-0.05, 0) is 50.7 Å². The van der Waals surface area contributed by atoms with Crippen LogP contribution in [0.4, 0.5) is 0 Å². The van der Waals surface area contributed by atoms with E-state index < -0.39 is 11.5 Å². The maximum Gasteiger partial charge on any atom is 0.286 e. The molecule has 1 saturated carbocycles. The quantitative estimate of drug-likeness (QED) is 0.690. The molecule has 0 unspecified atom stereocenters. The number of piperidine rings is 1. The van der Waals surface area contributed by atoms with Crippen LogP contribution in [0.5, 0.6) is 0 Å². The predicted molar refractivity (Wildman–Crippen MR) is 134 cm³/mol. The largest absolute Gasteiger partial charge is 0.365 e. The zero-order valence-electron chi connectivity index (χ0n) is 19.8. The van der Waals surface area contributed by atoms with E-state index in [4.69, 9.17) is 17.3 Å². The lowest BCUT2D eigenvalue weighted by Crippen LogP contribution is -2.39. The lowest BCUT2D eigenvalue weighted by molar-refractivity contribution is -0.135. The third-order valence-electron chi connectivity index (χ3n) is 7.06. The average molecular weight is 483 g/mol. The molecule has 4 rings (SSSR count). The fraction of sp³-hybridized carbons (Fsp3) is 0.462. The molecule has 1 aliphatic heterocycles. The Bertz CT molecular complexity index is 1200. The van der Waals surface area contributed by atoms with Crippen molar-refractivity contribution in [1.82, 2.24) is 14.7 Å². The van der Waals surface area contributed by atoms with Crippen molar-refractivity contribution >= 4 is 29.5 Å². The zero-order chi connectivity index (χ0) is 24.4. The topological polar surface area (TPSA) is 98.3 Å². The van der Waals surface area contributed by atoms with E-state index in [0.717, 1.165) is 49.9 Å². The van der Waals surface area contributed by atoms with Gasteiger partial charge < -0.3 is 10.6 Å². The summed E-state index contributed by atoms with van der Waals surface area (Å²) in [7, 11) is 0. The molecule has 7 nitrogen and oxygen atoms in total. The Morgan fingerprint density at radius 1 is 1.21 bits per heavy atom. The standard InChI is InChI=1S/C26H31ClN4O3/c1-3-31-26(34)22(27)21(24(28)32)23(29-31)20-10-6-9-19(16(20)2)15-17-11-13-30(14-12-17)25(33)18-7-4-5-8-18/h6,9-10,15,18H,3-5,7-8,11-14H2,1-2H3,(H2,28,32). The summed E-state index contributed by atoms with van der Waals surface area (Å²) >= 11 is 6.24. The second-order valence-corrected chi connectivity index (χ2v) is 9.53. The third-order valence-corrected chi connectivity index (χ3v) is 7.41. The van der Waals surface area contributed by atoms with Crippen LogP contribution in [0.3, 0.4) is 0 Å². The molecular formula is C26H31ClN4O3. The third kappa shape index (κ3) is 4.67. The second kappa shape index (κ2) is 10.1. The Morgan fingerprint density at radius 2 is 1.88 bits per heavy atom. The van der Waals surface area contributed by atoms with E-state index in [0.29, 0.717) is 23.7 Å². The number of rotatable bonds is 5. The number of likely N-dealkylation sites (tertiary alicyclic amines) is 1. The Hall–Kier alpha value is -2.93. The van der Waals surface area contributed by atoms with E-state index >= 15 is 0 Å². The van der Waals surface area contributed by atoms with E-state index in [2.05, 4.69) is 11.2 Å². The average Bonchev–Trinajstić information content (AvgIpc) is 3.37. The highest BCUT2D eigenvalue weighted by Crippen LogP contribution is 2.32. The summed E-state index contributed by atoms with van der Waals surface area (Å²) in [5, 5.41) is 4.21. The number of primary amides is 1. The number of nitrogens with two attached hydrogens (primary N) is 1. The molecule has 1 aromatic carbocycles. The van der Waals surface area contributed by atoms with Crippen LogP contribution in [0.15, 0.2) is 28.6 Å². The molecule has 2 fully saturated rings. The van der Waals surface area contributed by atoms with E-state index in [1.54, 1.807) is 6.92 Å². The summed E-state index contributed by atoms with van der Waals surface area (Å²) in [5.41, 5.74) is 9.23. The highest BCUT2D eigenvalue weighted by Gasteiger charge is 2.29. The van der Waals surface area contributed by atoms with Gasteiger partial charge in [-0.15, -0.1) is 0 Å². The normalized spacial score (nSPS) is 16.7. The molecule has 2 heterocycles. The van der Waals surface area contributed by atoms with Crippen LogP contribution in [-0.2, 0) is 11.3 Å². The Labute approximate surface area is 204 Å². The van der Waals surface area contributed by atoms with Gasteiger partial charge in [-0.1, -0.05) is 54.3 Å². The number of amides is 2. The number of carbonyl (C=O) groups is 2. The lowest BCUT2D eigenvalue weighted by Gasteiger charge is -2.30. The number of aromatic nitrogens is 2. The summed E-state index contributed by atoms with van der Waals surface area (Å²) in [6, 6.07) is 5.77. The van der Waals surface area contributed by atoms with Gasteiger partial charge in [0, 0.05) is 31.1 Å². The molecule has 2 N–H and O–H groups in total. The van der Waals surface area contributed by atoms with Gasteiger partial charge >= 0.3 is 0 Å². The maximum atomic E-state index is 12.7. The SMILES string of the molecule is CCn1nc(-c2cccc(C=C3CCN(C(=O)C4CCCC4)CC3)c2C)c(C(N)=O)c(Cl)c1=O. The highest BCUT2D eigenvalue weighted by atomic mass is 35.5. The van der Waals surface area contributed by atoms with Gasteiger partial charge in [0.25, 0.3) is 11.5 Å². The maximum absolute atomic E-state index is 12.7. The fourth-order valence-electron chi connectivity index (χ4n) is 5.04. The molecule has 8 heteroatoms. The van der Waals surface area contributed by atoms with Crippen LogP contribution in [0.2, 0.25) is 5.02 Å². The minimum atomic E-state index is -0.782. The Kier molecular flexibility index (Phi) is 7.22. The van der Waals surface area contributed by atoms with E-state index in [1.807, 2.05) is 30.0 Å². The number of benzene rings is 1. The molecule has 180 valence electrons. The molecule has 2 aliphatic rings. The lowest BCUT2D eigenvalue weighted by atomic mass is 9.93. The second-order valence-electron chi connectivity index (χ2n) is 9.15. The number of nitrogens with zero attached hydrogens (tertiary/aromatic N) is 3. The molecule has 34 heavy (non-hydrogen) atoms. The number of hydrogen-bond acceptors (Lipinski definition) is 4. The molecule has 0 spiro atoms. The first kappa shape index (κ1) is 24.2. The van der Waals surface area contributed by atoms with Gasteiger partial charge in [0.15, 0.2) is 0 Å². The highest BCUT2D eigenvalue weighted by molar-refractivity contribution is 6.34. The van der Waals surface area contributed by atoms with Crippen LogP contribution in [0.25, 0.3) is 17.3 Å². The van der Waals surface area contributed by atoms with Crippen molar-refractivity contribution in [1.29, 1.82) is 0 Å². The molecule has 0 atom stereocenters. The van der Waals surface area contributed by atoms with Crippen molar-refractivity contribution < 1.29 is 9.59 Å². The van der Waals surface area contributed by atoms with Crippen LogP contribution in [0.1, 0.15) is 66.9 Å². The van der Waals surface area contributed by atoms with Crippen LogP contribution in [0, 0.1) is 12.8 Å². The zero-order valence-corrected chi connectivity index (χ0v) is 20.5. The summed E-state index contributed by atoms with van der Waals surface area (Å²) in [4.78, 5) is 39.3. The molecule has 1 aliphatic carbocycles. The number of aryl methyl sites for hydroxylation is 1. The fourth-order valence-corrected chi connectivity index (χ4v) is 5.32. The molecular weight excluding hydrogens is 452 g/mol. The van der Waals surface area contributed by atoms with Crippen molar-refractivity contribution in [3.63, 3.8) is 0 Å². The van der Waals surface area contributed by atoms with Gasteiger partial charge in [0.2, 0.25) is 5.91 Å². The predicted octanol–water partition coefficient (Wildman–Crippen LogP) is 4.19. The first-order valence-corrected chi connectivity index (χ1v) is 12.4. The van der Waals surface area contributed by atoms with E-state index in [-0.39, 0.29) is 16.5 Å². The van der Waals surface area contributed by atoms with Gasteiger partial charge in [0.05, 0.1) is 5.56 Å². The van der Waals surface area contributed by atoms with Gasteiger partial charge in [0.1, 0.15) is 10.7 Å². The molecule has 0 bridgehead atoms. The number of halogens is 1. The van der Waals surface area contributed by atoms with Crippen molar-refractivity contribution in [2.45, 2.75) is 58.9 Å². The monoisotopic (exact) mass is 482 g/mol. The molecule has 0 radical (unpaired) electrons. The number of hydrogen-bond donors (Lipinski definition) is 1. The minimum Gasteiger partial charge on any atom is -0.365 e. The smallest absolute Gasteiger partial charge is 0.286 e. The summed E-state index contributed by atoms with van der Waals surface area (Å²) in [5.74, 6) is -0.243. The van der Waals surface area contributed by atoms with Gasteiger partial charge in [-0.2, -0.15) is 5.10 Å². The number of carbonyl (C=O) groups excluding carboxylic acids is 2. The summed E-state index contributed by atoms with van der Waals surface area (Å²) < 4.78 is 1.24. The van der Waals surface area contributed by atoms with Crippen molar-refractivity contribution in [3.8, 4) is 11.3 Å². The van der Waals surface area contributed by atoms with Crippen molar-refractivity contribution in [2.24, 2.45) is 11.7 Å². The first-order chi connectivity index (χ1) is 16.3. The Balaban J connectivity index is 1.62. The molecule has 1 aromatic heterocycles. The molecule has 2 aromatic rings. The van der Waals surface area contributed by atoms with E-state index in [1.165, 1.54) is 23.1 Å². The van der Waals surface area contributed by atoms with Gasteiger partial charge in [-0.3, -0.25) is 14.4 Å². The Morgan fingerprint density at radius 3 is 2.50 bits per heavy atom.